The Balaban J connectivity index is 1.64. The number of hydrogen-bond donors (Lipinski definition) is 2. The number of ether oxygens (including phenoxy) is 1. The van der Waals surface area contributed by atoms with Crippen LogP contribution in [0.5, 0.6) is 5.75 Å². The number of H-pyrrole nitrogens is 1. The van der Waals surface area contributed by atoms with Gasteiger partial charge in [-0.1, -0.05) is 24.3 Å². The molecular weight excluding hydrogens is 328 g/mol. The molecule has 5 nitrogen and oxygen atoms in total. The molecule has 4 rings (SSSR count). The Morgan fingerprint density at radius 1 is 0.885 bits per heavy atom. The van der Waals surface area contributed by atoms with Crippen LogP contribution in [0.1, 0.15) is 10.4 Å². The van der Waals surface area contributed by atoms with Gasteiger partial charge in [-0.05, 0) is 36.4 Å². The summed E-state index contributed by atoms with van der Waals surface area (Å²) in [5.74, 6) is -0.659. The van der Waals surface area contributed by atoms with Crippen LogP contribution in [-0.4, -0.2) is 23.8 Å². The summed E-state index contributed by atoms with van der Waals surface area (Å²) in [5, 5.41) is 4.55. The van der Waals surface area contributed by atoms with E-state index in [-0.39, 0.29) is 0 Å². The van der Waals surface area contributed by atoms with Crippen LogP contribution < -0.4 is 10.1 Å². The maximum absolute atomic E-state index is 12.6. The van der Waals surface area contributed by atoms with Gasteiger partial charge in [-0.2, -0.15) is 0 Å². The summed E-state index contributed by atoms with van der Waals surface area (Å²) in [6, 6.07) is 20.0. The van der Waals surface area contributed by atoms with E-state index in [2.05, 4.69) is 10.3 Å². The molecule has 0 aliphatic heterocycles. The third-order valence-electron chi connectivity index (χ3n) is 4.30. The third-order valence-corrected chi connectivity index (χ3v) is 4.30. The van der Waals surface area contributed by atoms with Gasteiger partial charge in [-0.15, -0.1) is 0 Å². The van der Waals surface area contributed by atoms with Crippen molar-refractivity contribution in [2.75, 3.05) is 12.4 Å². The number of ketones is 1. The summed E-state index contributed by atoms with van der Waals surface area (Å²) in [6.07, 6.45) is 0. The van der Waals surface area contributed by atoms with Gasteiger partial charge >= 0.3 is 0 Å². The number of carbonyl (C=O) groups is 2. The molecule has 5 heteroatoms. The lowest BCUT2D eigenvalue weighted by molar-refractivity contribution is -0.112. The number of anilines is 1. The van der Waals surface area contributed by atoms with Gasteiger partial charge in [0.2, 0.25) is 0 Å². The number of hydrogen-bond acceptors (Lipinski definition) is 3. The van der Waals surface area contributed by atoms with Crippen molar-refractivity contribution in [1.82, 2.24) is 4.98 Å². The lowest BCUT2D eigenvalue weighted by Gasteiger charge is -2.06. The molecule has 128 valence electrons. The van der Waals surface area contributed by atoms with Crippen molar-refractivity contribution in [2.24, 2.45) is 0 Å². The Morgan fingerprint density at radius 3 is 2.54 bits per heavy atom. The van der Waals surface area contributed by atoms with Crippen molar-refractivity contribution in [3.63, 3.8) is 0 Å². The van der Waals surface area contributed by atoms with Crippen LogP contribution in [0, 0.1) is 0 Å². The van der Waals surface area contributed by atoms with E-state index in [9.17, 15) is 9.59 Å². The average molecular weight is 344 g/mol. The molecule has 1 heterocycles. The topological polar surface area (TPSA) is 71.2 Å². The van der Waals surface area contributed by atoms with Gasteiger partial charge in [0.25, 0.3) is 11.7 Å². The monoisotopic (exact) mass is 344 g/mol. The van der Waals surface area contributed by atoms with Crippen LogP contribution in [0.3, 0.4) is 0 Å². The van der Waals surface area contributed by atoms with Gasteiger partial charge in [-0.25, -0.2) is 0 Å². The normalized spacial score (nSPS) is 10.8. The minimum Gasteiger partial charge on any atom is -0.497 e. The highest BCUT2D eigenvalue weighted by atomic mass is 16.5. The minimum atomic E-state index is -0.683. The number of amides is 1. The zero-order chi connectivity index (χ0) is 18.1. The van der Waals surface area contributed by atoms with Gasteiger partial charge < -0.3 is 15.0 Å². The van der Waals surface area contributed by atoms with Crippen LogP contribution >= 0.6 is 0 Å². The lowest BCUT2D eigenvalue weighted by Crippen LogP contribution is -2.22. The molecule has 26 heavy (non-hydrogen) atoms. The number of nitrogens with one attached hydrogen (secondary N) is 2. The Labute approximate surface area is 149 Å². The van der Waals surface area contributed by atoms with Gasteiger partial charge in [0, 0.05) is 39.1 Å². The second-order valence-electron chi connectivity index (χ2n) is 5.95. The SMILES string of the molecule is COc1cccc(NC(=O)C(=O)c2ccc3[nH]c4ccccc4c3c2)c1. The molecule has 0 saturated heterocycles. The molecule has 0 fully saturated rings. The lowest BCUT2D eigenvalue weighted by atomic mass is 10.1. The molecule has 3 aromatic carbocycles. The number of methoxy groups -OCH3 is 1. The van der Waals surface area contributed by atoms with Gasteiger partial charge in [0.1, 0.15) is 5.75 Å². The summed E-state index contributed by atoms with van der Waals surface area (Å²) in [4.78, 5) is 28.2. The van der Waals surface area contributed by atoms with E-state index < -0.39 is 11.7 Å². The van der Waals surface area contributed by atoms with Crippen molar-refractivity contribution in [1.29, 1.82) is 0 Å². The molecule has 4 aromatic rings. The minimum absolute atomic E-state index is 0.350. The molecule has 0 saturated carbocycles. The Hall–Kier alpha value is -3.60. The summed E-state index contributed by atoms with van der Waals surface area (Å²) < 4.78 is 5.12. The standard InChI is InChI=1S/C21H16N2O3/c1-26-15-6-4-5-14(12-15)22-21(25)20(24)13-9-10-19-17(11-13)16-7-2-3-8-18(16)23-19/h2-12,23H,1H3,(H,22,25). The second-order valence-corrected chi connectivity index (χ2v) is 5.95. The number of aromatic amines is 1. The van der Waals surface area contributed by atoms with E-state index >= 15 is 0 Å². The number of fused-ring (bicyclic) bond motifs is 3. The molecule has 1 amide bonds. The van der Waals surface area contributed by atoms with Crippen LogP contribution in [-0.2, 0) is 4.79 Å². The molecule has 0 unspecified atom stereocenters. The third kappa shape index (κ3) is 2.80. The van der Waals surface area contributed by atoms with E-state index in [4.69, 9.17) is 4.74 Å². The Bertz CT molecular complexity index is 1140. The summed E-state index contributed by atoms with van der Waals surface area (Å²) in [6.45, 7) is 0. The van der Waals surface area contributed by atoms with E-state index in [0.717, 1.165) is 21.8 Å². The highest BCUT2D eigenvalue weighted by molar-refractivity contribution is 6.46. The molecule has 0 aliphatic carbocycles. The van der Waals surface area contributed by atoms with Crippen molar-refractivity contribution in [2.45, 2.75) is 0 Å². The van der Waals surface area contributed by atoms with Crippen molar-refractivity contribution in [3.8, 4) is 5.75 Å². The first-order chi connectivity index (χ1) is 12.7. The quantitative estimate of drug-likeness (QED) is 0.431. The van der Waals surface area contributed by atoms with Crippen molar-refractivity contribution in [3.05, 3.63) is 72.3 Å². The second kappa shape index (κ2) is 6.37. The number of aromatic nitrogens is 1. The fourth-order valence-electron chi connectivity index (χ4n) is 3.01. The molecule has 0 aliphatic rings. The molecule has 1 aromatic heterocycles. The predicted molar refractivity (Wildman–Crippen MR) is 102 cm³/mol. The Kier molecular flexibility index (Phi) is 3.89. The molecule has 0 radical (unpaired) electrons. The number of Topliss-reactive ketones (excluding diaryl/α,β-unsaturated/α-hetero) is 1. The van der Waals surface area contributed by atoms with Crippen molar-refractivity contribution >= 4 is 39.2 Å². The largest absolute Gasteiger partial charge is 0.497 e. The Morgan fingerprint density at radius 2 is 1.69 bits per heavy atom. The average Bonchev–Trinajstić information content (AvgIpc) is 3.05. The van der Waals surface area contributed by atoms with Crippen LogP contribution in [0.4, 0.5) is 5.69 Å². The van der Waals surface area contributed by atoms with Gasteiger partial charge in [0.05, 0.1) is 7.11 Å². The number of para-hydroxylation sites is 1. The first-order valence-electron chi connectivity index (χ1n) is 8.16. The predicted octanol–water partition coefficient (Wildman–Crippen LogP) is 4.15. The van der Waals surface area contributed by atoms with E-state index in [1.54, 1.807) is 43.5 Å². The van der Waals surface area contributed by atoms with Gasteiger partial charge in [-0.3, -0.25) is 9.59 Å². The smallest absolute Gasteiger partial charge is 0.296 e. The number of carbonyl (C=O) groups excluding carboxylic acids is 2. The fraction of sp³-hybridized carbons (Fsp3) is 0.0476. The summed E-state index contributed by atoms with van der Waals surface area (Å²) >= 11 is 0. The molecular formula is C21H16N2O3. The molecule has 2 N–H and O–H groups in total. The first kappa shape index (κ1) is 15.9. The molecule has 0 spiro atoms. The van der Waals surface area contributed by atoms with Crippen LogP contribution in [0.2, 0.25) is 0 Å². The van der Waals surface area contributed by atoms with E-state index in [1.807, 2.05) is 30.3 Å². The van der Waals surface area contributed by atoms with Gasteiger partial charge in [0.15, 0.2) is 0 Å². The first-order valence-corrected chi connectivity index (χ1v) is 8.16. The number of benzene rings is 3. The number of rotatable bonds is 4. The molecule has 0 bridgehead atoms. The fourth-order valence-corrected chi connectivity index (χ4v) is 3.01. The maximum Gasteiger partial charge on any atom is 0.296 e. The van der Waals surface area contributed by atoms with E-state index in [0.29, 0.717) is 17.0 Å². The van der Waals surface area contributed by atoms with Crippen molar-refractivity contribution < 1.29 is 14.3 Å². The summed E-state index contributed by atoms with van der Waals surface area (Å²) in [7, 11) is 1.54. The zero-order valence-corrected chi connectivity index (χ0v) is 14.1. The summed E-state index contributed by atoms with van der Waals surface area (Å²) in [5.41, 5.74) is 2.78. The molecule has 0 atom stereocenters. The van der Waals surface area contributed by atoms with E-state index in [1.165, 1.54) is 0 Å². The maximum atomic E-state index is 12.6. The highest BCUT2D eigenvalue weighted by Gasteiger charge is 2.18. The zero-order valence-electron chi connectivity index (χ0n) is 14.1. The van der Waals surface area contributed by atoms with Crippen LogP contribution in [0.25, 0.3) is 21.8 Å². The van der Waals surface area contributed by atoms with Crippen LogP contribution in [0.15, 0.2) is 66.7 Å². The highest BCUT2D eigenvalue weighted by Crippen LogP contribution is 2.26.